The molecule has 1 N–H and O–H groups in total. The van der Waals surface area contributed by atoms with E-state index in [1.807, 2.05) is 11.6 Å². The molecular weight excluding hydrogens is 557 g/mol. The third kappa shape index (κ3) is 5.58. The van der Waals surface area contributed by atoms with Crippen LogP contribution < -0.4 is 10.1 Å². The average molecular weight is 596 g/mol. The normalized spacial score (nSPS) is 19.5. The van der Waals surface area contributed by atoms with E-state index in [4.69, 9.17) is 14.5 Å². The largest absolute Gasteiger partial charge is 0.494 e. The minimum absolute atomic E-state index is 0.0516. The molecule has 1 saturated carbocycles. The van der Waals surface area contributed by atoms with Gasteiger partial charge in [-0.05, 0) is 70.7 Å². The summed E-state index contributed by atoms with van der Waals surface area (Å²) in [6.07, 6.45) is 0.712. The van der Waals surface area contributed by atoms with Gasteiger partial charge < -0.3 is 28.8 Å². The van der Waals surface area contributed by atoms with Gasteiger partial charge in [-0.1, -0.05) is 0 Å². The number of benzene rings is 1. The van der Waals surface area contributed by atoms with Gasteiger partial charge in [-0.2, -0.15) is 0 Å². The van der Waals surface area contributed by atoms with Crippen molar-refractivity contribution in [3.8, 4) is 17.3 Å². The second-order valence-corrected chi connectivity index (χ2v) is 13.9. The van der Waals surface area contributed by atoms with E-state index in [1.54, 1.807) is 51.4 Å². The molecular formula is C31H38FN5O4S. The van der Waals surface area contributed by atoms with Gasteiger partial charge in [0, 0.05) is 42.4 Å². The predicted octanol–water partition coefficient (Wildman–Crippen LogP) is 6.06. The molecule has 0 unspecified atom stereocenters. The maximum Gasteiger partial charge on any atom is 0.407 e. The number of fused-ring (bicyclic) bond motifs is 2. The fraction of sp³-hybridized carbons (Fsp3) is 0.516. The highest BCUT2D eigenvalue weighted by Crippen LogP contribution is 2.40. The number of aryl methyl sites for hydroxylation is 2. The molecule has 0 spiro atoms. The van der Waals surface area contributed by atoms with E-state index in [-0.39, 0.29) is 25.4 Å². The Kier molecular flexibility index (Phi) is 7.19. The number of methoxy groups -OCH3 is 1. The molecule has 0 radical (unpaired) electrons. The van der Waals surface area contributed by atoms with Crippen molar-refractivity contribution in [2.75, 3.05) is 20.2 Å². The van der Waals surface area contributed by atoms with Crippen LogP contribution in [0.4, 0.5) is 9.18 Å². The van der Waals surface area contributed by atoms with Crippen LogP contribution in [0.3, 0.4) is 0 Å². The number of carbonyl (C=O) groups is 2. The average Bonchev–Trinajstić information content (AvgIpc) is 3.45. The number of amides is 2. The first-order valence-electron chi connectivity index (χ1n) is 14.5. The maximum absolute atomic E-state index is 14.8. The van der Waals surface area contributed by atoms with Crippen molar-refractivity contribution in [3.63, 3.8) is 0 Å². The summed E-state index contributed by atoms with van der Waals surface area (Å²) in [5, 5.41) is 3.93. The third-order valence-electron chi connectivity index (χ3n) is 7.87. The van der Waals surface area contributed by atoms with Gasteiger partial charge in [0.1, 0.15) is 27.9 Å². The Hall–Kier alpha value is -3.60. The zero-order valence-electron chi connectivity index (χ0n) is 25.0. The molecule has 224 valence electrons. The van der Waals surface area contributed by atoms with Crippen LogP contribution in [-0.2, 0) is 18.3 Å². The van der Waals surface area contributed by atoms with E-state index in [0.717, 1.165) is 23.6 Å². The lowest BCUT2D eigenvalue weighted by atomic mass is 10.0. The van der Waals surface area contributed by atoms with Crippen molar-refractivity contribution in [1.82, 2.24) is 24.3 Å². The van der Waals surface area contributed by atoms with Gasteiger partial charge in [-0.25, -0.2) is 14.2 Å². The van der Waals surface area contributed by atoms with Crippen molar-refractivity contribution in [1.29, 1.82) is 0 Å². The maximum atomic E-state index is 14.8. The summed E-state index contributed by atoms with van der Waals surface area (Å²) >= 11 is 1.80. The van der Waals surface area contributed by atoms with E-state index in [2.05, 4.69) is 28.9 Å². The molecule has 11 heteroatoms. The molecule has 3 aromatic heterocycles. The van der Waals surface area contributed by atoms with Gasteiger partial charge in [0.15, 0.2) is 5.82 Å². The van der Waals surface area contributed by atoms with Crippen LogP contribution >= 0.6 is 11.3 Å². The molecule has 1 aliphatic heterocycles. The molecule has 2 amide bonds. The minimum atomic E-state index is -1.27. The molecule has 1 aromatic carbocycles. The monoisotopic (exact) mass is 595 g/mol. The molecule has 0 bridgehead atoms. The smallest absolute Gasteiger partial charge is 0.407 e. The lowest BCUT2D eigenvalue weighted by Crippen LogP contribution is -2.54. The van der Waals surface area contributed by atoms with E-state index >= 15 is 0 Å². The van der Waals surface area contributed by atoms with Crippen LogP contribution in [0.5, 0.6) is 5.75 Å². The van der Waals surface area contributed by atoms with Gasteiger partial charge in [0.2, 0.25) is 0 Å². The van der Waals surface area contributed by atoms with Gasteiger partial charge in [-0.15, -0.1) is 11.3 Å². The Bertz CT molecular complexity index is 1680. The second-order valence-electron chi connectivity index (χ2n) is 12.6. The van der Waals surface area contributed by atoms with E-state index < -0.39 is 23.9 Å². The molecule has 1 aliphatic carbocycles. The Balaban J connectivity index is 1.32. The fourth-order valence-electron chi connectivity index (χ4n) is 5.88. The van der Waals surface area contributed by atoms with Gasteiger partial charge in [0.25, 0.3) is 5.91 Å². The summed E-state index contributed by atoms with van der Waals surface area (Å²) in [7, 11) is 3.54. The summed E-state index contributed by atoms with van der Waals surface area (Å²) in [6.45, 7) is 8.52. The van der Waals surface area contributed by atoms with Gasteiger partial charge in [-0.3, -0.25) is 4.79 Å². The number of likely N-dealkylation sites (tertiary alicyclic amines) is 1. The highest BCUT2D eigenvalue weighted by Gasteiger charge is 2.33. The van der Waals surface area contributed by atoms with Crippen molar-refractivity contribution in [2.24, 2.45) is 13.0 Å². The first kappa shape index (κ1) is 28.5. The molecule has 1 saturated heterocycles. The number of piperidine rings is 1. The quantitative estimate of drug-likeness (QED) is 0.293. The SMILES string of the molecule is COc1cc(C(=O)N2C[C@H](F)C[C@@H](NC(=O)OC(C)(C)C)C2)cc2nc(-c3cc4cc(C)sc4n3CC3CC3)n(C)c12. The van der Waals surface area contributed by atoms with Crippen molar-refractivity contribution in [3.05, 3.63) is 34.7 Å². The first-order chi connectivity index (χ1) is 19.9. The number of ether oxygens (including phenoxy) is 2. The van der Waals surface area contributed by atoms with E-state index in [9.17, 15) is 14.0 Å². The molecule has 9 nitrogen and oxygen atoms in total. The van der Waals surface area contributed by atoms with Crippen LogP contribution in [0.15, 0.2) is 24.3 Å². The highest BCUT2D eigenvalue weighted by molar-refractivity contribution is 7.18. The van der Waals surface area contributed by atoms with Gasteiger partial charge in [0.05, 0.1) is 30.9 Å². The number of alkyl carbamates (subject to hydrolysis) is 1. The number of rotatable bonds is 6. The topological polar surface area (TPSA) is 90.6 Å². The van der Waals surface area contributed by atoms with Gasteiger partial charge >= 0.3 is 6.09 Å². The molecule has 6 rings (SSSR count). The van der Waals surface area contributed by atoms with Crippen LogP contribution in [0, 0.1) is 12.8 Å². The molecule has 4 aromatic rings. The summed E-state index contributed by atoms with van der Waals surface area (Å²) in [5.41, 5.74) is 2.15. The minimum Gasteiger partial charge on any atom is -0.494 e. The number of hydrogen-bond acceptors (Lipinski definition) is 6. The Morgan fingerprint density at radius 1 is 1.17 bits per heavy atom. The summed E-state index contributed by atoms with van der Waals surface area (Å²) in [5.74, 6) is 1.67. The van der Waals surface area contributed by atoms with Crippen LogP contribution in [-0.4, -0.2) is 69.0 Å². The summed E-state index contributed by atoms with van der Waals surface area (Å²) < 4.78 is 30.3. The zero-order chi connectivity index (χ0) is 29.9. The number of nitrogens with zero attached hydrogens (tertiary/aromatic N) is 4. The Labute approximate surface area is 248 Å². The number of imidazole rings is 1. The van der Waals surface area contributed by atoms with Crippen molar-refractivity contribution >= 4 is 44.6 Å². The number of hydrogen-bond donors (Lipinski definition) is 1. The molecule has 2 atom stereocenters. The first-order valence-corrected chi connectivity index (χ1v) is 15.3. The molecule has 4 heterocycles. The van der Waals surface area contributed by atoms with Crippen molar-refractivity contribution in [2.45, 2.75) is 71.3 Å². The summed E-state index contributed by atoms with van der Waals surface area (Å²) in [6, 6.07) is 7.31. The van der Waals surface area contributed by atoms with Crippen LogP contribution in [0.2, 0.25) is 0 Å². The fourth-order valence-corrected chi connectivity index (χ4v) is 6.89. The molecule has 2 fully saturated rings. The van der Waals surface area contributed by atoms with E-state index in [0.29, 0.717) is 22.7 Å². The molecule has 2 aliphatic rings. The number of thiophene rings is 1. The standard InChI is InChI=1S/C31H38FN5O4S/c1-17-9-20-11-24(37(29(20)42-17)14-18-7-8-18)27-34-23-10-19(12-25(40-6)26(23)35(27)5)28(38)36-15-21(32)13-22(16-36)33-30(39)41-31(2,3)4/h9-12,18,21-22H,7-8,13-16H2,1-6H3,(H,33,39)/t21-,22-/m1/s1. The Morgan fingerprint density at radius 2 is 1.93 bits per heavy atom. The lowest BCUT2D eigenvalue weighted by molar-refractivity contribution is 0.0394. The number of aromatic nitrogens is 3. The van der Waals surface area contributed by atoms with E-state index in [1.165, 1.54) is 32.8 Å². The lowest BCUT2D eigenvalue weighted by Gasteiger charge is -2.35. The number of carbonyl (C=O) groups excluding carboxylic acids is 2. The third-order valence-corrected chi connectivity index (χ3v) is 8.96. The predicted molar refractivity (Wildman–Crippen MR) is 162 cm³/mol. The Morgan fingerprint density at radius 3 is 2.62 bits per heavy atom. The zero-order valence-corrected chi connectivity index (χ0v) is 25.8. The molecule has 42 heavy (non-hydrogen) atoms. The highest BCUT2D eigenvalue weighted by atomic mass is 32.1. The second kappa shape index (κ2) is 10.6. The number of halogens is 1. The number of alkyl halides is 1. The van der Waals surface area contributed by atoms with Crippen LogP contribution in [0.25, 0.3) is 32.8 Å². The van der Waals surface area contributed by atoms with Crippen LogP contribution in [0.1, 0.15) is 55.3 Å². The number of nitrogens with one attached hydrogen (secondary N) is 1. The summed E-state index contributed by atoms with van der Waals surface area (Å²) in [4.78, 5) is 35.0. The van der Waals surface area contributed by atoms with Crippen molar-refractivity contribution < 1.29 is 23.5 Å².